The topological polar surface area (TPSA) is 157 Å². The van der Waals surface area contributed by atoms with Crippen LogP contribution in [-0.4, -0.2) is 66.5 Å². The number of terminal acetylenes is 1. The summed E-state index contributed by atoms with van der Waals surface area (Å²) < 4.78 is 9.98. The van der Waals surface area contributed by atoms with Crippen LogP contribution in [0.15, 0.2) is 24.3 Å². The maximum absolute atomic E-state index is 14.1. The number of amides is 4. The molecule has 11 heteroatoms. The number of hydrogen-bond donors (Lipinski definition) is 3. The van der Waals surface area contributed by atoms with Crippen LogP contribution in [0.25, 0.3) is 0 Å². The number of nitrogens with one attached hydrogen (secondary N) is 2. The summed E-state index contributed by atoms with van der Waals surface area (Å²) in [4.78, 5) is 65.1. The van der Waals surface area contributed by atoms with Crippen molar-refractivity contribution >= 4 is 29.8 Å². The molecular weight excluding hydrogens is 528 g/mol. The third-order valence-corrected chi connectivity index (χ3v) is 6.04. The molecule has 0 heterocycles. The van der Waals surface area contributed by atoms with Crippen LogP contribution in [-0.2, 0) is 28.7 Å². The lowest BCUT2D eigenvalue weighted by Gasteiger charge is -2.34. The van der Waals surface area contributed by atoms with Gasteiger partial charge in [0, 0.05) is 18.5 Å². The summed E-state index contributed by atoms with van der Waals surface area (Å²) in [6.45, 7) is 6.88. The highest BCUT2D eigenvalue weighted by molar-refractivity contribution is 5.93. The van der Waals surface area contributed by atoms with Crippen LogP contribution in [0.5, 0.6) is 0 Å². The third kappa shape index (κ3) is 13.2. The van der Waals surface area contributed by atoms with Gasteiger partial charge in [-0.2, -0.15) is 0 Å². The first kappa shape index (κ1) is 35.0. The second kappa shape index (κ2) is 17.6. The maximum atomic E-state index is 14.1. The summed E-state index contributed by atoms with van der Waals surface area (Å²) >= 11 is 0. The van der Waals surface area contributed by atoms with Crippen molar-refractivity contribution in [2.45, 2.75) is 90.3 Å². The van der Waals surface area contributed by atoms with Crippen LogP contribution >= 0.6 is 0 Å². The first-order chi connectivity index (χ1) is 19.3. The summed E-state index contributed by atoms with van der Waals surface area (Å²) in [5.41, 5.74) is 5.53. The van der Waals surface area contributed by atoms with Gasteiger partial charge in [-0.05, 0) is 51.3 Å². The van der Waals surface area contributed by atoms with Crippen molar-refractivity contribution < 1.29 is 33.4 Å². The second-order valence-electron chi connectivity index (χ2n) is 10.6. The van der Waals surface area contributed by atoms with Gasteiger partial charge in [-0.15, -0.1) is 6.42 Å². The van der Waals surface area contributed by atoms with Gasteiger partial charge in [0.1, 0.15) is 24.2 Å². The lowest BCUT2D eigenvalue weighted by atomic mass is 9.99. The quantitative estimate of drug-likeness (QED) is 0.156. The Bertz CT molecular complexity index is 1070. The van der Waals surface area contributed by atoms with Gasteiger partial charge in [-0.1, -0.05) is 50.7 Å². The molecule has 1 rings (SSSR count). The molecule has 0 aliphatic rings. The van der Waals surface area contributed by atoms with E-state index in [0.717, 1.165) is 25.7 Å². The molecule has 226 valence electrons. The fourth-order valence-corrected chi connectivity index (χ4v) is 4.01. The molecule has 0 fully saturated rings. The number of benzene rings is 1. The molecule has 41 heavy (non-hydrogen) atoms. The Morgan fingerprint density at radius 3 is 2.22 bits per heavy atom. The lowest BCUT2D eigenvalue weighted by Crippen LogP contribution is -2.53. The van der Waals surface area contributed by atoms with Gasteiger partial charge in [-0.3, -0.25) is 19.2 Å². The number of alkyl carbamates (subject to hydrolysis) is 1. The summed E-state index contributed by atoms with van der Waals surface area (Å²) in [7, 11) is 1.20. The van der Waals surface area contributed by atoms with E-state index in [2.05, 4.69) is 28.2 Å². The normalized spacial score (nSPS) is 12.3. The zero-order valence-electron chi connectivity index (χ0n) is 24.8. The SMILES string of the molecule is C#Cc1ccc(C(C(=O)NCC(=O)OC)N(CCCCCCC)C(=O)C(CCC(N)=O)NC(=O)OC(C)(C)C)cc1. The molecule has 0 spiro atoms. The predicted molar refractivity (Wildman–Crippen MR) is 154 cm³/mol. The van der Waals surface area contributed by atoms with Gasteiger partial charge in [-0.25, -0.2) is 4.79 Å². The first-order valence-electron chi connectivity index (χ1n) is 13.8. The Hall–Kier alpha value is -4.07. The summed E-state index contributed by atoms with van der Waals surface area (Å²) in [5, 5.41) is 5.08. The Kier molecular flexibility index (Phi) is 15.0. The number of hydrogen-bond acceptors (Lipinski definition) is 7. The van der Waals surface area contributed by atoms with Gasteiger partial charge in [0.05, 0.1) is 7.11 Å². The van der Waals surface area contributed by atoms with Gasteiger partial charge in [0.2, 0.25) is 17.7 Å². The summed E-state index contributed by atoms with van der Waals surface area (Å²) in [5.74, 6) is -0.0379. The van der Waals surface area contributed by atoms with Crippen LogP contribution in [0, 0.1) is 12.3 Å². The molecule has 0 aromatic heterocycles. The van der Waals surface area contributed by atoms with Gasteiger partial charge in [0.25, 0.3) is 0 Å². The molecule has 11 nitrogen and oxygen atoms in total. The van der Waals surface area contributed by atoms with E-state index in [1.54, 1.807) is 45.0 Å². The van der Waals surface area contributed by atoms with E-state index in [1.165, 1.54) is 12.0 Å². The first-order valence-corrected chi connectivity index (χ1v) is 13.8. The number of rotatable bonds is 16. The zero-order chi connectivity index (χ0) is 31.0. The Morgan fingerprint density at radius 1 is 1.05 bits per heavy atom. The molecule has 2 unspecified atom stereocenters. The molecule has 1 aromatic carbocycles. The van der Waals surface area contributed by atoms with Crippen LogP contribution in [0.1, 0.15) is 89.8 Å². The minimum Gasteiger partial charge on any atom is -0.468 e. The minimum atomic E-state index is -1.21. The van der Waals surface area contributed by atoms with Crippen LogP contribution < -0.4 is 16.4 Å². The van der Waals surface area contributed by atoms with Crippen LogP contribution in [0.3, 0.4) is 0 Å². The second-order valence-corrected chi connectivity index (χ2v) is 10.6. The van der Waals surface area contributed by atoms with Gasteiger partial charge < -0.3 is 30.7 Å². The molecule has 2 atom stereocenters. The van der Waals surface area contributed by atoms with Crippen LogP contribution in [0.2, 0.25) is 0 Å². The smallest absolute Gasteiger partial charge is 0.408 e. The molecule has 0 aliphatic heterocycles. The van der Waals surface area contributed by atoms with E-state index in [4.69, 9.17) is 16.9 Å². The minimum absolute atomic E-state index is 0.105. The highest BCUT2D eigenvalue weighted by Gasteiger charge is 2.36. The number of esters is 1. The highest BCUT2D eigenvalue weighted by Crippen LogP contribution is 2.25. The molecule has 0 saturated carbocycles. The molecule has 0 bridgehead atoms. The number of unbranched alkanes of at least 4 members (excludes halogenated alkanes) is 4. The van der Waals surface area contributed by atoms with E-state index in [-0.39, 0.29) is 19.4 Å². The number of nitrogens with two attached hydrogens (primary N) is 1. The Balaban J connectivity index is 3.53. The summed E-state index contributed by atoms with van der Waals surface area (Å²) in [6, 6.07) is 4.16. The van der Waals surface area contributed by atoms with Crippen molar-refractivity contribution in [2.24, 2.45) is 5.73 Å². The lowest BCUT2D eigenvalue weighted by molar-refractivity contribution is -0.145. The maximum Gasteiger partial charge on any atom is 0.408 e. The average molecular weight is 573 g/mol. The van der Waals surface area contributed by atoms with Gasteiger partial charge in [0.15, 0.2) is 0 Å². The van der Waals surface area contributed by atoms with Gasteiger partial charge >= 0.3 is 12.1 Å². The van der Waals surface area contributed by atoms with E-state index in [9.17, 15) is 24.0 Å². The van der Waals surface area contributed by atoms with E-state index in [1.807, 2.05) is 0 Å². The van der Waals surface area contributed by atoms with Crippen molar-refractivity contribution in [3.63, 3.8) is 0 Å². The van der Waals surface area contributed by atoms with Crippen molar-refractivity contribution in [1.29, 1.82) is 0 Å². The number of carbonyl (C=O) groups excluding carboxylic acids is 5. The predicted octanol–water partition coefficient (Wildman–Crippen LogP) is 2.96. The molecule has 4 amide bonds. The molecular formula is C30H44N4O7. The average Bonchev–Trinajstić information content (AvgIpc) is 2.91. The molecule has 1 aromatic rings. The zero-order valence-corrected chi connectivity index (χ0v) is 24.8. The van der Waals surface area contributed by atoms with E-state index < -0.39 is 54.0 Å². The highest BCUT2D eigenvalue weighted by atomic mass is 16.6. The Morgan fingerprint density at radius 2 is 1.68 bits per heavy atom. The van der Waals surface area contributed by atoms with Crippen molar-refractivity contribution in [1.82, 2.24) is 15.5 Å². The monoisotopic (exact) mass is 572 g/mol. The molecule has 0 aliphatic carbocycles. The van der Waals surface area contributed by atoms with Crippen molar-refractivity contribution in [3.8, 4) is 12.3 Å². The number of primary amides is 1. The summed E-state index contributed by atoms with van der Waals surface area (Å²) in [6.07, 6.45) is 8.71. The fourth-order valence-electron chi connectivity index (χ4n) is 4.01. The number of methoxy groups -OCH3 is 1. The fraction of sp³-hybridized carbons (Fsp3) is 0.567. The number of nitrogens with zero attached hydrogens (tertiary/aromatic N) is 1. The molecule has 4 N–H and O–H groups in total. The van der Waals surface area contributed by atoms with Crippen molar-refractivity contribution in [3.05, 3.63) is 35.4 Å². The number of carbonyl (C=O) groups is 5. The van der Waals surface area contributed by atoms with E-state index >= 15 is 0 Å². The molecule has 0 saturated heterocycles. The number of ether oxygens (including phenoxy) is 2. The van der Waals surface area contributed by atoms with E-state index in [0.29, 0.717) is 17.5 Å². The largest absolute Gasteiger partial charge is 0.468 e. The van der Waals surface area contributed by atoms with Crippen LogP contribution in [0.4, 0.5) is 4.79 Å². The third-order valence-electron chi connectivity index (χ3n) is 6.04. The molecule has 0 radical (unpaired) electrons. The van der Waals surface area contributed by atoms with Crippen molar-refractivity contribution in [2.75, 3.05) is 20.2 Å². The standard InChI is InChI=1S/C30H44N4O7/c1-7-9-10-11-12-19-34(28(38)23(17-18-24(31)35)33-29(39)41-30(3,4)5)26(27(37)32-20-25(36)40-6)22-15-13-21(8-2)14-16-22/h2,13-16,23,26H,7,9-12,17-20H2,1,3-6H3,(H2,31,35)(H,32,37)(H,33,39). The Labute approximate surface area is 242 Å².